The lowest BCUT2D eigenvalue weighted by atomic mass is 10.1. The zero-order chi connectivity index (χ0) is 20.8. The lowest BCUT2D eigenvalue weighted by Crippen LogP contribution is -2.14. The Hall–Kier alpha value is -2.70. The number of aromatic nitrogens is 2. The Morgan fingerprint density at radius 2 is 1.59 bits per heavy atom. The molecule has 0 radical (unpaired) electrons. The molecule has 0 fully saturated rings. The first kappa shape index (κ1) is 21.0. The van der Waals surface area contributed by atoms with Crippen LogP contribution < -0.4 is 19.5 Å². The Morgan fingerprint density at radius 3 is 2.17 bits per heavy atom. The molecule has 1 N–H and O–H groups in total. The molecule has 0 aliphatic carbocycles. The summed E-state index contributed by atoms with van der Waals surface area (Å²) in [5, 5.41) is 8.68. The van der Waals surface area contributed by atoms with Crippen LogP contribution in [0.1, 0.15) is 22.4 Å². The van der Waals surface area contributed by atoms with Gasteiger partial charge in [-0.2, -0.15) is 5.10 Å². The third-order valence-electron chi connectivity index (χ3n) is 4.71. The Kier molecular flexibility index (Phi) is 7.01. The number of nitrogens with zero attached hydrogens (tertiary/aromatic N) is 2. The van der Waals surface area contributed by atoms with Gasteiger partial charge in [-0.05, 0) is 30.2 Å². The van der Waals surface area contributed by atoms with Crippen LogP contribution >= 0.6 is 11.6 Å². The third kappa shape index (κ3) is 4.83. The summed E-state index contributed by atoms with van der Waals surface area (Å²) < 4.78 is 18.0. The number of nitrogens with one attached hydrogen (secondary N) is 1. The third-order valence-corrected chi connectivity index (χ3v) is 5.14. The van der Waals surface area contributed by atoms with Crippen molar-refractivity contribution in [3.05, 3.63) is 70.0 Å². The van der Waals surface area contributed by atoms with E-state index in [1.807, 2.05) is 41.9 Å². The molecule has 29 heavy (non-hydrogen) atoms. The average Bonchev–Trinajstić information content (AvgIpc) is 3.00. The standard InChI is InChI=1S/C22H26ClN3O3/c1-15-18(22(23)26(25-15)14-16-8-6-5-7-9-16)13-24-12-17-10-19(27-2)21(29-4)20(11-17)28-3/h5-11,24H,12-14H2,1-4H3. The molecular weight excluding hydrogens is 390 g/mol. The van der Waals surface area contributed by atoms with Gasteiger partial charge in [-0.15, -0.1) is 0 Å². The zero-order valence-electron chi connectivity index (χ0n) is 17.2. The SMILES string of the molecule is COc1cc(CNCc2c(C)nn(Cc3ccccc3)c2Cl)cc(OC)c1OC. The molecule has 2 aromatic carbocycles. The highest BCUT2D eigenvalue weighted by atomic mass is 35.5. The number of rotatable bonds is 9. The molecule has 3 rings (SSSR count). The van der Waals surface area contributed by atoms with Gasteiger partial charge >= 0.3 is 0 Å². The van der Waals surface area contributed by atoms with Gasteiger partial charge in [0.15, 0.2) is 11.5 Å². The van der Waals surface area contributed by atoms with E-state index in [4.69, 9.17) is 25.8 Å². The zero-order valence-corrected chi connectivity index (χ0v) is 17.9. The van der Waals surface area contributed by atoms with Crippen LogP contribution in [0.3, 0.4) is 0 Å². The van der Waals surface area contributed by atoms with Crippen molar-refractivity contribution in [1.29, 1.82) is 0 Å². The average molecular weight is 416 g/mol. The number of ether oxygens (including phenoxy) is 3. The van der Waals surface area contributed by atoms with Gasteiger partial charge in [-0.25, -0.2) is 4.68 Å². The van der Waals surface area contributed by atoms with Crippen LogP contribution in [-0.4, -0.2) is 31.1 Å². The van der Waals surface area contributed by atoms with E-state index in [-0.39, 0.29) is 0 Å². The van der Waals surface area contributed by atoms with Crippen LogP contribution in [0.25, 0.3) is 0 Å². The minimum atomic E-state index is 0.583. The monoisotopic (exact) mass is 415 g/mol. The smallest absolute Gasteiger partial charge is 0.203 e. The minimum absolute atomic E-state index is 0.583. The van der Waals surface area contributed by atoms with Crippen molar-refractivity contribution >= 4 is 11.6 Å². The van der Waals surface area contributed by atoms with Crippen LogP contribution in [0, 0.1) is 6.92 Å². The molecule has 0 saturated carbocycles. The second-order valence-corrected chi connectivity index (χ2v) is 6.99. The fourth-order valence-electron chi connectivity index (χ4n) is 3.22. The summed E-state index contributed by atoms with van der Waals surface area (Å²) in [4.78, 5) is 0. The molecule has 0 spiro atoms. The highest BCUT2D eigenvalue weighted by molar-refractivity contribution is 6.30. The van der Waals surface area contributed by atoms with Gasteiger partial charge in [0.2, 0.25) is 5.75 Å². The summed E-state index contributed by atoms with van der Waals surface area (Å²) in [5.41, 5.74) is 4.09. The first-order valence-corrected chi connectivity index (χ1v) is 9.70. The van der Waals surface area contributed by atoms with Crippen molar-refractivity contribution in [1.82, 2.24) is 15.1 Å². The van der Waals surface area contributed by atoms with Crippen LogP contribution in [0.5, 0.6) is 17.2 Å². The lowest BCUT2D eigenvalue weighted by Gasteiger charge is -2.14. The summed E-state index contributed by atoms with van der Waals surface area (Å²) >= 11 is 6.60. The molecule has 0 aliphatic rings. The molecule has 0 amide bonds. The van der Waals surface area contributed by atoms with E-state index in [0.29, 0.717) is 42.0 Å². The molecule has 1 heterocycles. The van der Waals surface area contributed by atoms with Crippen LogP contribution in [0.15, 0.2) is 42.5 Å². The first-order valence-electron chi connectivity index (χ1n) is 9.32. The summed E-state index contributed by atoms with van der Waals surface area (Å²) in [7, 11) is 4.81. The summed E-state index contributed by atoms with van der Waals surface area (Å²) in [5.74, 6) is 1.85. The number of benzene rings is 2. The quantitative estimate of drug-likeness (QED) is 0.567. The number of hydrogen-bond acceptors (Lipinski definition) is 5. The summed E-state index contributed by atoms with van der Waals surface area (Å²) in [6, 6.07) is 14.0. The highest BCUT2D eigenvalue weighted by Gasteiger charge is 2.15. The van der Waals surface area contributed by atoms with E-state index in [1.54, 1.807) is 21.3 Å². The van der Waals surface area contributed by atoms with Gasteiger partial charge in [0.05, 0.1) is 33.6 Å². The Bertz CT molecular complexity index is 932. The van der Waals surface area contributed by atoms with Gasteiger partial charge in [-0.3, -0.25) is 0 Å². The van der Waals surface area contributed by atoms with Crippen molar-refractivity contribution in [2.45, 2.75) is 26.6 Å². The van der Waals surface area contributed by atoms with Gasteiger partial charge in [0, 0.05) is 18.7 Å². The van der Waals surface area contributed by atoms with E-state index < -0.39 is 0 Å². The predicted octanol–water partition coefficient (Wildman–Crippen LogP) is 4.21. The molecule has 6 nitrogen and oxygen atoms in total. The number of aryl methyl sites for hydroxylation is 1. The fourth-order valence-corrected chi connectivity index (χ4v) is 3.52. The second kappa shape index (κ2) is 9.67. The summed E-state index contributed by atoms with van der Waals surface area (Å²) in [6.45, 7) is 3.85. The van der Waals surface area contributed by atoms with Gasteiger partial charge in [0.25, 0.3) is 0 Å². The maximum absolute atomic E-state index is 6.60. The molecule has 0 saturated heterocycles. The van der Waals surface area contributed by atoms with Crippen LogP contribution in [0.4, 0.5) is 0 Å². The largest absolute Gasteiger partial charge is 0.493 e. The van der Waals surface area contributed by atoms with E-state index in [1.165, 1.54) is 0 Å². The molecule has 1 aromatic heterocycles. The van der Waals surface area contributed by atoms with Crippen LogP contribution in [0.2, 0.25) is 5.15 Å². The Labute approximate surface area is 176 Å². The van der Waals surface area contributed by atoms with Gasteiger partial charge < -0.3 is 19.5 Å². The molecular formula is C22H26ClN3O3. The number of halogens is 1. The van der Waals surface area contributed by atoms with E-state index in [9.17, 15) is 0 Å². The number of hydrogen-bond donors (Lipinski definition) is 1. The van der Waals surface area contributed by atoms with Crippen molar-refractivity contribution in [3.63, 3.8) is 0 Å². The molecule has 0 bridgehead atoms. The number of methoxy groups -OCH3 is 3. The molecule has 3 aromatic rings. The fraction of sp³-hybridized carbons (Fsp3) is 0.318. The van der Waals surface area contributed by atoms with E-state index in [2.05, 4.69) is 22.5 Å². The van der Waals surface area contributed by atoms with Crippen molar-refractivity contribution in [2.75, 3.05) is 21.3 Å². The predicted molar refractivity (Wildman–Crippen MR) is 114 cm³/mol. The first-order chi connectivity index (χ1) is 14.1. The van der Waals surface area contributed by atoms with Crippen molar-refractivity contribution in [3.8, 4) is 17.2 Å². The van der Waals surface area contributed by atoms with Crippen molar-refractivity contribution in [2.24, 2.45) is 0 Å². The summed E-state index contributed by atoms with van der Waals surface area (Å²) in [6.07, 6.45) is 0. The molecule has 0 aliphatic heterocycles. The molecule has 0 atom stereocenters. The van der Waals surface area contributed by atoms with Crippen LogP contribution in [-0.2, 0) is 19.6 Å². The molecule has 7 heteroatoms. The van der Waals surface area contributed by atoms with Gasteiger partial charge in [-0.1, -0.05) is 41.9 Å². The Balaban J connectivity index is 1.69. The lowest BCUT2D eigenvalue weighted by molar-refractivity contribution is 0.323. The molecule has 154 valence electrons. The normalized spacial score (nSPS) is 10.8. The van der Waals surface area contributed by atoms with E-state index >= 15 is 0 Å². The topological polar surface area (TPSA) is 57.5 Å². The Morgan fingerprint density at radius 1 is 0.931 bits per heavy atom. The maximum atomic E-state index is 6.60. The van der Waals surface area contributed by atoms with E-state index in [0.717, 1.165) is 22.4 Å². The van der Waals surface area contributed by atoms with Crippen molar-refractivity contribution < 1.29 is 14.2 Å². The second-order valence-electron chi connectivity index (χ2n) is 6.64. The highest BCUT2D eigenvalue weighted by Crippen LogP contribution is 2.38. The molecule has 0 unspecified atom stereocenters. The van der Waals surface area contributed by atoms with Gasteiger partial charge in [0.1, 0.15) is 5.15 Å². The maximum Gasteiger partial charge on any atom is 0.203 e. The minimum Gasteiger partial charge on any atom is -0.493 e.